The highest BCUT2D eigenvalue weighted by molar-refractivity contribution is 5.79. The van der Waals surface area contributed by atoms with E-state index in [-0.39, 0.29) is 17.6 Å². The summed E-state index contributed by atoms with van der Waals surface area (Å²) in [4.78, 5) is 14.3. The molecule has 0 aliphatic rings. The zero-order valence-corrected chi connectivity index (χ0v) is 14.6. The fourth-order valence-corrected chi connectivity index (χ4v) is 2.20. The van der Waals surface area contributed by atoms with E-state index >= 15 is 0 Å². The summed E-state index contributed by atoms with van der Waals surface area (Å²) >= 11 is 0. The van der Waals surface area contributed by atoms with Crippen LogP contribution in [0.3, 0.4) is 0 Å². The van der Waals surface area contributed by atoms with Crippen LogP contribution in [0.4, 0.5) is 10.1 Å². The standard InChI is InChI=1S/C18H21FN4O3/c1-13(26-17-5-3-4-15(19)10-17)11-21-18(20-2)22-12-14-6-8-16(9-7-14)23(24)25/h3-10,13H,11-12H2,1-2H3,(H2,20,21,22). The number of guanidine groups is 1. The summed E-state index contributed by atoms with van der Waals surface area (Å²) in [5.41, 5.74) is 0.946. The van der Waals surface area contributed by atoms with E-state index in [1.165, 1.54) is 24.3 Å². The molecule has 1 unspecified atom stereocenters. The van der Waals surface area contributed by atoms with Gasteiger partial charge in [0.05, 0.1) is 11.5 Å². The number of rotatable bonds is 7. The second kappa shape index (κ2) is 9.36. The molecule has 0 bridgehead atoms. The summed E-state index contributed by atoms with van der Waals surface area (Å²) in [6, 6.07) is 12.3. The molecule has 8 heteroatoms. The van der Waals surface area contributed by atoms with Crippen LogP contribution in [-0.2, 0) is 6.54 Å². The molecular weight excluding hydrogens is 339 g/mol. The van der Waals surface area contributed by atoms with E-state index in [0.29, 0.717) is 24.8 Å². The third-order valence-electron chi connectivity index (χ3n) is 3.52. The van der Waals surface area contributed by atoms with Crippen LogP contribution in [0.5, 0.6) is 5.75 Å². The number of non-ortho nitro benzene ring substituents is 1. The van der Waals surface area contributed by atoms with Gasteiger partial charge in [-0.1, -0.05) is 18.2 Å². The Kier molecular flexibility index (Phi) is 6.90. The van der Waals surface area contributed by atoms with Gasteiger partial charge in [-0.2, -0.15) is 0 Å². The highest BCUT2D eigenvalue weighted by atomic mass is 19.1. The number of benzene rings is 2. The number of hydrogen-bond donors (Lipinski definition) is 2. The van der Waals surface area contributed by atoms with Crippen LogP contribution < -0.4 is 15.4 Å². The molecule has 0 aromatic heterocycles. The lowest BCUT2D eigenvalue weighted by molar-refractivity contribution is -0.384. The van der Waals surface area contributed by atoms with Crippen molar-refractivity contribution in [2.45, 2.75) is 19.6 Å². The van der Waals surface area contributed by atoms with Gasteiger partial charge in [-0.15, -0.1) is 0 Å². The fourth-order valence-electron chi connectivity index (χ4n) is 2.20. The maximum atomic E-state index is 13.2. The zero-order chi connectivity index (χ0) is 18.9. The summed E-state index contributed by atoms with van der Waals surface area (Å²) in [5.74, 6) is 0.689. The molecule has 138 valence electrons. The first-order chi connectivity index (χ1) is 12.5. The van der Waals surface area contributed by atoms with Crippen molar-refractivity contribution in [2.24, 2.45) is 4.99 Å². The Hall–Kier alpha value is -3.16. The fraction of sp³-hybridized carbons (Fsp3) is 0.278. The van der Waals surface area contributed by atoms with Crippen LogP contribution in [0.1, 0.15) is 12.5 Å². The Morgan fingerprint density at radius 1 is 1.27 bits per heavy atom. The number of nitro benzene ring substituents is 1. The van der Waals surface area contributed by atoms with Gasteiger partial charge in [-0.3, -0.25) is 15.1 Å². The van der Waals surface area contributed by atoms with Gasteiger partial charge >= 0.3 is 0 Å². The largest absolute Gasteiger partial charge is 0.489 e. The van der Waals surface area contributed by atoms with Crippen molar-refractivity contribution in [3.8, 4) is 5.75 Å². The number of aliphatic imine (C=N–C) groups is 1. The predicted molar refractivity (Wildman–Crippen MR) is 97.8 cm³/mol. The van der Waals surface area contributed by atoms with Crippen LogP contribution in [-0.4, -0.2) is 30.6 Å². The van der Waals surface area contributed by atoms with Gasteiger partial charge in [0.15, 0.2) is 5.96 Å². The van der Waals surface area contributed by atoms with Crippen LogP contribution in [0.15, 0.2) is 53.5 Å². The molecular formula is C18H21FN4O3. The molecule has 2 aromatic rings. The number of nitro groups is 1. The minimum Gasteiger partial charge on any atom is -0.489 e. The van der Waals surface area contributed by atoms with Gasteiger partial charge in [0, 0.05) is 31.8 Å². The summed E-state index contributed by atoms with van der Waals surface area (Å²) < 4.78 is 18.8. The molecule has 2 aromatic carbocycles. The molecule has 0 radical (unpaired) electrons. The van der Waals surface area contributed by atoms with Crippen molar-refractivity contribution >= 4 is 11.6 Å². The molecule has 0 saturated heterocycles. The van der Waals surface area contributed by atoms with Gasteiger partial charge < -0.3 is 15.4 Å². The molecule has 7 nitrogen and oxygen atoms in total. The number of halogens is 1. The number of ether oxygens (including phenoxy) is 1. The maximum absolute atomic E-state index is 13.2. The summed E-state index contributed by atoms with van der Waals surface area (Å²) in [6.07, 6.45) is -0.199. The van der Waals surface area contributed by atoms with Crippen molar-refractivity contribution in [3.63, 3.8) is 0 Å². The first kappa shape index (κ1) is 19.2. The molecule has 2 N–H and O–H groups in total. The molecule has 26 heavy (non-hydrogen) atoms. The van der Waals surface area contributed by atoms with Gasteiger partial charge in [-0.25, -0.2) is 4.39 Å². The summed E-state index contributed by atoms with van der Waals surface area (Å²) in [5, 5.41) is 16.9. The van der Waals surface area contributed by atoms with Gasteiger partial charge in [0.1, 0.15) is 17.7 Å². The van der Waals surface area contributed by atoms with Crippen molar-refractivity contribution in [2.75, 3.05) is 13.6 Å². The van der Waals surface area contributed by atoms with E-state index in [2.05, 4.69) is 15.6 Å². The Balaban J connectivity index is 1.79. The zero-order valence-electron chi connectivity index (χ0n) is 14.6. The molecule has 0 aliphatic heterocycles. The average Bonchev–Trinajstić information content (AvgIpc) is 2.62. The van der Waals surface area contributed by atoms with Gasteiger partial charge in [0.2, 0.25) is 0 Å². The molecule has 0 aliphatic carbocycles. The van der Waals surface area contributed by atoms with E-state index in [0.717, 1.165) is 5.56 Å². The van der Waals surface area contributed by atoms with Gasteiger partial charge in [-0.05, 0) is 24.6 Å². The van der Waals surface area contributed by atoms with Crippen LogP contribution in [0, 0.1) is 15.9 Å². The van der Waals surface area contributed by atoms with Gasteiger partial charge in [0.25, 0.3) is 5.69 Å². The first-order valence-corrected chi connectivity index (χ1v) is 8.08. The van der Waals surface area contributed by atoms with Crippen LogP contribution in [0.2, 0.25) is 0 Å². The summed E-state index contributed by atoms with van der Waals surface area (Å²) in [6.45, 7) is 2.80. The van der Waals surface area contributed by atoms with Crippen LogP contribution in [0.25, 0.3) is 0 Å². The molecule has 0 saturated carbocycles. The van der Waals surface area contributed by atoms with Crippen molar-refractivity contribution in [1.82, 2.24) is 10.6 Å². The van der Waals surface area contributed by atoms with E-state index in [1.807, 2.05) is 6.92 Å². The lowest BCUT2D eigenvalue weighted by atomic mass is 10.2. The Labute approximate surface area is 151 Å². The quantitative estimate of drug-likeness (QED) is 0.343. The lowest BCUT2D eigenvalue weighted by Gasteiger charge is -2.17. The Morgan fingerprint density at radius 2 is 2.00 bits per heavy atom. The second-order valence-corrected chi connectivity index (χ2v) is 5.62. The Bertz CT molecular complexity index is 765. The third kappa shape index (κ3) is 6.04. The minimum atomic E-state index is -0.433. The molecule has 0 heterocycles. The van der Waals surface area contributed by atoms with E-state index in [4.69, 9.17) is 4.74 Å². The molecule has 1 atom stereocenters. The monoisotopic (exact) mass is 360 g/mol. The first-order valence-electron chi connectivity index (χ1n) is 8.08. The van der Waals surface area contributed by atoms with E-state index < -0.39 is 4.92 Å². The highest BCUT2D eigenvalue weighted by Gasteiger charge is 2.07. The summed E-state index contributed by atoms with van der Waals surface area (Å²) in [7, 11) is 1.64. The minimum absolute atomic E-state index is 0.0552. The molecule has 2 rings (SSSR count). The average molecular weight is 360 g/mol. The topological polar surface area (TPSA) is 88.8 Å². The SMILES string of the molecule is CN=C(NCc1ccc([N+](=O)[O-])cc1)NCC(C)Oc1cccc(F)c1. The van der Waals surface area contributed by atoms with Crippen LogP contribution >= 0.6 is 0 Å². The van der Waals surface area contributed by atoms with Crippen molar-refractivity contribution in [1.29, 1.82) is 0 Å². The van der Waals surface area contributed by atoms with E-state index in [1.54, 1.807) is 31.3 Å². The molecule has 0 fully saturated rings. The predicted octanol–water partition coefficient (Wildman–Crippen LogP) is 2.87. The normalized spacial score (nSPS) is 12.3. The lowest BCUT2D eigenvalue weighted by Crippen LogP contribution is -2.41. The van der Waals surface area contributed by atoms with Crippen molar-refractivity contribution in [3.05, 3.63) is 70.0 Å². The molecule has 0 amide bonds. The number of nitrogens with one attached hydrogen (secondary N) is 2. The van der Waals surface area contributed by atoms with Crippen molar-refractivity contribution < 1.29 is 14.1 Å². The number of hydrogen-bond acceptors (Lipinski definition) is 4. The van der Waals surface area contributed by atoms with E-state index in [9.17, 15) is 14.5 Å². The second-order valence-electron chi connectivity index (χ2n) is 5.62. The number of nitrogens with zero attached hydrogens (tertiary/aromatic N) is 2. The third-order valence-corrected chi connectivity index (χ3v) is 3.52. The molecule has 0 spiro atoms. The smallest absolute Gasteiger partial charge is 0.269 e. The maximum Gasteiger partial charge on any atom is 0.269 e. The highest BCUT2D eigenvalue weighted by Crippen LogP contribution is 2.13. The Morgan fingerprint density at radius 3 is 2.62 bits per heavy atom.